The summed E-state index contributed by atoms with van der Waals surface area (Å²) in [6.45, 7) is 0. The Morgan fingerprint density at radius 3 is 1.00 bits per heavy atom. The lowest BCUT2D eigenvalue weighted by Crippen LogP contribution is -3.00. The highest BCUT2D eigenvalue weighted by atomic mass is 19.0. The summed E-state index contributed by atoms with van der Waals surface area (Å²) in [5.74, 6) is 0. The topological polar surface area (TPSA) is 2.70 Å². The Kier molecular flexibility index (Phi) is 24.8. The molecule has 0 fully saturated rings. The highest BCUT2D eigenvalue weighted by Gasteiger charge is 1.61. The second kappa shape index (κ2) is 8.88. The average Bonchev–Trinajstić information content (AvgIpc) is 0.811. The molecular weight excluding hydrogens is 81.8 g/mol. The van der Waals surface area contributed by atoms with Crippen LogP contribution in [0.1, 0.15) is 0 Å². The quantitative estimate of drug-likeness (QED) is 0.214. The number of halogens is 1. The fourth-order valence-corrected chi connectivity index (χ4v) is 0. The molecule has 0 saturated heterocycles. The standard InChI is InChI=1S/C3H9O.BH3.FH/c1-4(2)3;;/h1-3H3;1H3;1H/q+1;;/p-1. The van der Waals surface area contributed by atoms with Crippen molar-refractivity contribution < 1.29 is 9.07 Å². The van der Waals surface area contributed by atoms with Gasteiger partial charge in [0.25, 0.3) is 0 Å². The third-order valence-corrected chi connectivity index (χ3v) is 0. The zero-order valence-electron chi connectivity index (χ0n) is 3.79. The van der Waals surface area contributed by atoms with Crippen molar-refractivity contribution in [3.8, 4) is 0 Å². The van der Waals surface area contributed by atoms with Gasteiger partial charge >= 0.3 is 0 Å². The SMILES string of the molecule is B.C[O+](C)C.[F-]. The van der Waals surface area contributed by atoms with Crippen LogP contribution in [0.3, 0.4) is 0 Å². The molecule has 0 bridgehead atoms. The van der Waals surface area contributed by atoms with E-state index in [2.05, 4.69) is 4.37 Å². The summed E-state index contributed by atoms with van der Waals surface area (Å²) in [6.07, 6.45) is 0. The molecule has 0 aromatic rings. The van der Waals surface area contributed by atoms with E-state index in [4.69, 9.17) is 0 Å². The number of rotatable bonds is 0. The van der Waals surface area contributed by atoms with Crippen LogP contribution in [0.2, 0.25) is 0 Å². The third kappa shape index (κ3) is 17000. The van der Waals surface area contributed by atoms with Crippen molar-refractivity contribution in [2.45, 2.75) is 0 Å². The van der Waals surface area contributed by atoms with Crippen LogP contribution in [0.25, 0.3) is 0 Å². The van der Waals surface area contributed by atoms with E-state index in [1.807, 2.05) is 21.3 Å². The summed E-state index contributed by atoms with van der Waals surface area (Å²) in [5.41, 5.74) is 0. The summed E-state index contributed by atoms with van der Waals surface area (Å²) in [7, 11) is 5.75. The van der Waals surface area contributed by atoms with Crippen LogP contribution in [0, 0.1) is 0 Å². The number of hydrogen-bond acceptors (Lipinski definition) is 0. The van der Waals surface area contributed by atoms with E-state index in [9.17, 15) is 0 Å². The van der Waals surface area contributed by atoms with Crippen molar-refractivity contribution in [3.05, 3.63) is 0 Å². The summed E-state index contributed by atoms with van der Waals surface area (Å²) >= 11 is 0. The van der Waals surface area contributed by atoms with Crippen LogP contribution in [0.5, 0.6) is 0 Å². The molecule has 0 aromatic heterocycles. The fraction of sp³-hybridized carbons (Fsp3) is 1.00. The van der Waals surface area contributed by atoms with Gasteiger partial charge in [0.05, 0.1) is 8.41 Å². The zero-order valence-corrected chi connectivity index (χ0v) is 3.79. The summed E-state index contributed by atoms with van der Waals surface area (Å²) < 4.78 is 2.58. The first-order valence-electron chi connectivity index (χ1n) is 1.22. The van der Waals surface area contributed by atoms with Gasteiger partial charge < -0.3 is 9.07 Å². The predicted octanol–water partition coefficient (Wildman–Crippen LogP) is -3.75. The van der Waals surface area contributed by atoms with E-state index in [0.29, 0.717) is 0 Å². The molecule has 0 spiro atoms. The van der Waals surface area contributed by atoms with E-state index < -0.39 is 0 Å². The molecular formula is C3H12BFO. The average molecular weight is 93.9 g/mol. The van der Waals surface area contributed by atoms with Crippen molar-refractivity contribution in [2.75, 3.05) is 21.3 Å². The third-order valence-electron chi connectivity index (χ3n) is 0. The minimum atomic E-state index is 0. The lowest BCUT2D eigenvalue weighted by atomic mass is 10.8. The molecule has 0 heterocycles. The molecule has 0 aromatic carbocycles. The van der Waals surface area contributed by atoms with Crippen molar-refractivity contribution in [3.63, 3.8) is 0 Å². The molecule has 0 rings (SSSR count). The Balaban J connectivity index is -0.0000000450. The molecule has 40 valence electrons. The fourth-order valence-electron chi connectivity index (χ4n) is 0. The Labute approximate surface area is 40.0 Å². The van der Waals surface area contributed by atoms with Crippen molar-refractivity contribution in [2.24, 2.45) is 0 Å². The van der Waals surface area contributed by atoms with Gasteiger partial charge in [-0.25, -0.2) is 0 Å². The summed E-state index contributed by atoms with van der Waals surface area (Å²) in [6, 6.07) is 0. The molecule has 0 N–H and O–H groups in total. The van der Waals surface area contributed by atoms with Crippen molar-refractivity contribution in [1.82, 2.24) is 0 Å². The van der Waals surface area contributed by atoms with Crippen LogP contribution in [0.15, 0.2) is 0 Å². The molecule has 1 nitrogen and oxygen atoms in total. The highest BCUT2D eigenvalue weighted by Crippen LogP contribution is 1.60. The van der Waals surface area contributed by atoms with E-state index in [0.717, 1.165) is 0 Å². The molecule has 0 aliphatic carbocycles. The zero-order chi connectivity index (χ0) is 3.58. The summed E-state index contributed by atoms with van der Waals surface area (Å²) in [4.78, 5) is 0. The molecule has 0 saturated carbocycles. The molecule has 3 heteroatoms. The van der Waals surface area contributed by atoms with Gasteiger partial charge in [-0.3, -0.25) is 0 Å². The second-order valence-electron chi connectivity index (χ2n) is 1.22. The van der Waals surface area contributed by atoms with E-state index in [1.165, 1.54) is 0 Å². The van der Waals surface area contributed by atoms with Gasteiger partial charge in [-0.15, -0.1) is 0 Å². The first kappa shape index (κ1) is 16.7. The van der Waals surface area contributed by atoms with Gasteiger partial charge in [0, 0.05) is 0 Å². The normalized spacial score (nSPS) is 6.00. The van der Waals surface area contributed by atoms with E-state index in [1.54, 1.807) is 0 Å². The second-order valence-corrected chi connectivity index (χ2v) is 1.22. The van der Waals surface area contributed by atoms with Gasteiger partial charge in [0.1, 0.15) is 21.3 Å². The van der Waals surface area contributed by atoms with Crippen LogP contribution in [0.4, 0.5) is 0 Å². The minimum Gasteiger partial charge on any atom is -1.00 e. The Bertz CT molecular complexity index is 15.5. The van der Waals surface area contributed by atoms with Gasteiger partial charge in [-0.2, -0.15) is 0 Å². The largest absolute Gasteiger partial charge is 1.00 e. The lowest BCUT2D eigenvalue weighted by Gasteiger charge is -1.90. The van der Waals surface area contributed by atoms with Crippen LogP contribution in [-0.4, -0.2) is 29.7 Å². The van der Waals surface area contributed by atoms with Gasteiger partial charge in [-0.05, 0) is 0 Å². The van der Waals surface area contributed by atoms with Crippen LogP contribution in [-0.2, 0) is 4.37 Å². The maximum atomic E-state index is 2.58. The van der Waals surface area contributed by atoms with Crippen LogP contribution < -0.4 is 4.70 Å². The van der Waals surface area contributed by atoms with Gasteiger partial charge in [0.15, 0.2) is 0 Å². The lowest BCUT2D eigenvalue weighted by molar-refractivity contribution is -0.00282. The maximum Gasteiger partial charge on any atom is 0.135 e. The Morgan fingerprint density at radius 1 is 1.00 bits per heavy atom. The maximum absolute atomic E-state index is 2.58. The first-order valence-corrected chi connectivity index (χ1v) is 1.22. The van der Waals surface area contributed by atoms with Crippen molar-refractivity contribution >= 4 is 8.41 Å². The van der Waals surface area contributed by atoms with Crippen LogP contribution >= 0.6 is 0 Å². The van der Waals surface area contributed by atoms with Crippen molar-refractivity contribution in [1.29, 1.82) is 0 Å². The molecule has 0 unspecified atom stereocenters. The van der Waals surface area contributed by atoms with Gasteiger partial charge in [0.2, 0.25) is 0 Å². The summed E-state index contributed by atoms with van der Waals surface area (Å²) in [5, 5.41) is 0. The smallest absolute Gasteiger partial charge is 0.135 e. The molecule has 0 radical (unpaired) electrons. The van der Waals surface area contributed by atoms with E-state index in [-0.39, 0.29) is 13.1 Å². The molecule has 0 aliphatic rings. The van der Waals surface area contributed by atoms with Gasteiger partial charge in [-0.1, -0.05) is 0 Å². The predicted molar refractivity (Wildman–Crippen MR) is 28.8 cm³/mol. The number of hydrogen-bond donors (Lipinski definition) is 0. The Hall–Kier alpha value is -0.0451. The molecule has 0 aliphatic heterocycles. The molecule has 0 atom stereocenters. The minimum absolute atomic E-state index is 0. The Morgan fingerprint density at radius 2 is 1.00 bits per heavy atom. The monoisotopic (exact) mass is 94.1 g/mol. The molecule has 6 heavy (non-hydrogen) atoms. The first-order chi connectivity index (χ1) is 1.73. The highest BCUT2D eigenvalue weighted by molar-refractivity contribution is 5.75. The van der Waals surface area contributed by atoms with E-state index >= 15 is 0 Å². The molecule has 0 amide bonds.